The van der Waals surface area contributed by atoms with Gasteiger partial charge in [0.05, 0.1) is 16.1 Å². The minimum Gasteiger partial charge on any atom is -0.338 e. The molecular weight excluding hydrogens is 403 g/mol. The lowest BCUT2D eigenvalue weighted by Gasteiger charge is -2.02. The number of halogens is 3. The Morgan fingerprint density at radius 1 is 0.926 bits per heavy atom. The van der Waals surface area contributed by atoms with Gasteiger partial charge in [-0.25, -0.2) is 4.98 Å². The number of hydrogen-bond donors (Lipinski definition) is 1. The summed E-state index contributed by atoms with van der Waals surface area (Å²) in [6.07, 6.45) is 0.288. The molecular formula is C21H13Cl3N2O. The van der Waals surface area contributed by atoms with Crippen LogP contribution in [0.25, 0.3) is 22.4 Å². The van der Waals surface area contributed by atoms with Gasteiger partial charge in [0, 0.05) is 27.6 Å². The molecule has 3 aromatic carbocycles. The molecule has 0 aliphatic carbocycles. The van der Waals surface area contributed by atoms with Crippen LogP contribution in [0.15, 0.2) is 60.7 Å². The van der Waals surface area contributed by atoms with E-state index in [1.54, 1.807) is 30.3 Å². The highest BCUT2D eigenvalue weighted by Gasteiger charge is 2.13. The Hall–Kier alpha value is -2.33. The lowest BCUT2D eigenvalue weighted by molar-refractivity contribution is 0.0993. The van der Waals surface area contributed by atoms with E-state index in [1.165, 1.54) is 0 Å². The first-order chi connectivity index (χ1) is 13.0. The molecule has 3 nitrogen and oxygen atoms in total. The molecule has 1 heterocycles. The number of hydrogen-bond acceptors (Lipinski definition) is 2. The smallest absolute Gasteiger partial charge is 0.167 e. The van der Waals surface area contributed by atoms with E-state index in [0.717, 1.165) is 22.2 Å². The van der Waals surface area contributed by atoms with E-state index in [1.807, 2.05) is 30.3 Å². The lowest BCUT2D eigenvalue weighted by atomic mass is 10.0. The Balaban J connectivity index is 1.65. The van der Waals surface area contributed by atoms with Crippen molar-refractivity contribution in [2.45, 2.75) is 6.42 Å². The maximum Gasteiger partial charge on any atom is 0.167 e. The molecule has 0 amide bonds. The molecule has 0 bridgehead atoms. The van der Waals surface area contributed by atoms with Gasteiger partial charge in [-0.3, -0.25) is 4.79 Å². The average molecular weight is 416 g/mol. The predicted molar refractivity (Wildman–Crippen MR) is 111 cm³/mol. The third kappa shape index (κ3) is 3.86. The predicted octanol–water partition coefficient (Wildman–Crippen LogP) is 6.62. The molecule has 0 atom stereocenters. The first kappa shape index (κ1) is 18.1. The van der Waals surface area contributed by atoms with E-state index >= 15 is 0 Å². The Labute approximate surface area is 170 Å². The number of benzene rings is 3. The Bertz CT molecular complexity index is 1170. The van der Waals surface area contributed by atoms with Crippen molar-refractivity contribution in [3.05, 3.63) is 86.9 Å². The summed E-state index contributed by atoms with van der Waals surface area (Å²) in [4.78, 5) is 20.4. The fraction of sp³-hybridized carbons (Fsp3) is 0.0476. The number of H-pyrrole nitrogens is 1. The number of ketones is 1. The van der Waals surface area contributed by atoms with E-state index in [2.05, 4.69) is 9.97 Å². The molecule has 6 heteroatoms. The van der Waals surface area contributed by atoms with Gasteiger partial charge in [0.15, 0.2) is 5.78 Å². The van der Waals surface area contributed by atoms with Crippen molar-refractivity contribution in [2.75, 3.05) is 0 Å². The molecule has 1 aromatic heterocycles. The molecule has 134 valence electrons. The molecule has 0 radical (unpaired) electrons. The second-order valence-electron chi connectivity index (χ2n) is 6.17. The van der Waals surface area contributed by atoms with Crippen LogP contribution in [0.5, 0.6) is 0 Å². The zero-order valence-electron chi connectivity index (χ0n) is 14.0. The molecule has 4 aromatic rings. The highest BCUT2D eigenvalue weighted by Crippen LogP contribution is 2.30. The van der Waals surface area contributed by atoms with E-state index in [4.69, 9.17) is 34.8 Å². The first-order valence-corrected chi connectivity index (χ1v) is 9.36. The first-order valence-electron chi connectivity index (χ1n) is 8.22. The largest absolute Gasteiger partial charge is 0.338 e. The molecule has 0 aliphatic rings. The molecule has 27 heavy (non-hydrogen) atoms. The van der Waals surface area contributed by atoms with Crippen molar-refractivity contribution >= 4 is 51.6 Å². The fourth-order valence-electron chi connectivity index (χ4n) is 2.93. The van der Waals surface area contributed by atoms with Gasteiger partial charge in [0.25, 0.3) is 0 Å². The van der Waals surface area contributed by atoms with Crippen LogP contribution >= 0.6 is 34.8 Å². The van der Waals surface area contributed by atoms with Crippen LogP contribution in [0, 0.1) is 0 Å². The van der Waals surface area contributed by atoms with Gasteiger partial charge in [0.1, 0.15) is 5.82 Å². The van der Waals surface area contributed by atoms with Crippen LogP contribution in [0.2, 0.25) is 15.1 Å². The van der Waals surface area contributed by atoms with Gasteiger partial charge in [-0.1, -0.05) is 46.9 Å². The molecule has 0 saturated carbocycles. The van der Waals surface area contributed by atoms with Crippen LogP contribution in [-0.4, -0.2) is 15.8 Å². The molecule has 0 aliphatic heterocycles. The average Bonchev–Trinajstić information content (AvgIpc) is 3.04. The summed E-state index contributed by atoms with van der Waals surface area (Å²) in [6.45, 7) is 0. The summed E-state index contributed by atoms with van der Waals surface area (Å²) in [5.41, 5.74) is 3.78. The number of carbonyl (C=O) groups is 1. The van der Waals surface area contributed by atoms with E-state index < -0.39 is 0 Å². The summed E-state index contributed by atoms with van der Waals surface area (Å²) in [5.74, 6) is 0.644. The third-order valence-corrected chi connectivity index (χ3v) is 5.03. The summed E-state index contributed by atoms with van der Waals surface area (Å²) in [6, 6.07) is 18.0. The van der Waals surface area contributed by atoms with Gasteiger partial charge in [0.2, 0.25) is 0 Å². The summed E-state index contributed by atoms with van der Waals surface area (Å²) in [5, 5.41) is 1.70. The zero-order chi connectivity index (χ0) is 19.0. The summed E-state index contributed by atoms with van der Waals surface area (Å²) in [7, 11) is 0. The van der Waals surface area contributed by atoms with Crippen molar-refractivity contribution in [2.24, 2.45) is 0 Å². The number of aromatic nitrogens is 2. The second kappa shape index (κ2) is 7.35. The van der Waals surface area contributed by atoms with Crippen LogP contribution in [0.1, 0.15) is 15.9 Å². The maximum atomic E-state index is 12.6. The number of rotatable bonds is 4. The van der Waals surface area contributed by atoms with E-state index in [-0.39, 0.29) is 12.2 Å². The van der Waals surface area contributed by atoms with Gasteiger partial charge >= 0.3 is 0 Å². The highest BCUT2D eigenvalue weighted by atomic mass is 35.5. The number of carbonyl (C=O) groups excluding carboxylic acids is 1. The fourth-order valence-corrected chi connectivity index (χ4v) is 3.64. The van der Waals surface area contributed by atoms with Gasteiger partial charge in [-0.05, 0) is 54.1 Å². The third-order valence-electron chi connectivity index (χ3n) is 4.24. The SMILES string of the molecule is O=C(Cc1cccc(Cl)c1)c1ccc2nc(-c3ccc(Cl)cc3Cl)[nH]c2c1. The molecule has 0 saturated heterocycles. The zero-order valence-corrected chi connectivity index (χ0v) is 16.2. The van der Waals surface area contributed by atoms with Crippen LogP contribution in [0.3, 0.4) is 0 Å². The van der Waals surface area contributed by atoms with Gasteiger partial charge in [-0.15, -0.1) is 0 Å². The monoisotopic (exact) mass is 414 g/mol. The number of imidazole rings is 1. The number of fused-ring (bicyclic) bond motifs is 1. The summed E-state index contributed by atoms with van der Waals surface area (Å²) >= 11 is 18.2. The van der Waals surface area contributed by atoms with Gasteiger partial charge < -0.3 is 4.98 Å². The number of nitrogens with zero attached hydrogens (tertiary/aromatic N) is 1. The standard InChI is InChI=1S/C21H13Cl3N2O/c22-14-3-1-2-12(8-14)9-20(27)13-4-7-18-19(10-13)26-21(25-18)16-6-5-15(23)11-17(16)24/h1-8,10-11H,9H2,(H,25,26). The van der Waals surface area contributed by atoms with E-state index in [9.17, 15) is 4.79 Å². The van der Waals surface area contributed by atoms with Crippen LogP contribution < -0.4 is 0 Å². The van der Waals surface area contributed by atoms with Crippen LogP contribution in [-0.2, 0) is 6.42 Å². The Morgan fingerprint density at radius 3 is 2.52 bits per heavy atom. The number of Topliss-reactive ketones (excluding diaryl/α,β-unsaturated/α-hetero) is 1. The minimum absolute atomic E-state index is 0.0137. The normalized spacial score (nSPS) is 11.1. The molecule has 0 unspecified atom stereocenters. The number of nitrogens with one attached hydrogen (secondary N) is 1. The number of aromatic amines is 1. The van der Waals surface area contributed by atoms with Gasteiger partial charge in [-0.2, -0.15) is 0 Å². The second-order valence-corrected chi connectivity index (χ2v) is 7.45. The van der Waals surface area contributed by atoms with Crippen molar-refractivity contribution in [3.63, 3.8) is 0 Å². The van der Waals surface area contributed by atoms with Crippen molar-refractivity contribution in [1.29, 1.82) is 0 Å². The lowest BCUT2D eigenvalue weighted by Crippen LogP contribution is -2.03. The van der Waals surface area contributed by atoms with Crippen molar-refractivity contribution < 1.29 is 4.79 Å². The topological polar surface area (TPSA) is 45.8 Å². The highest BCUT2D eigenvalue weighted by molar-refractivity contribution is 6.36. The van der Waals surface area contributed by atoms with Crippen LogP contribution in [0.4, 0.5) is 0 Å². The molecule has 0 fully saturated rings. The Kier molecular flexibility index (Phi) is 4.92. The van der Waals surface area contributed by atoms with Crippen molar-refractivity contribution in [1.82, 2.24) is 9.97 Å². The quantitative estimate of drug-likeness (QED) is 0.381. The van der Waals surface area contributed by atoms with Crippen molar-refractivity contribution in [3.8, 4) is 11.4 Å². The maximum absolute atomic E-state index is 12.6. The van der Waals surface area contributed by atoms with E-state index in [0.29, 0.717) is 26.5 Å². The molecule has 0 spiro atoms. The Morgan fingerprint density at radius 2 is 1.74 bits per heavy atom. The molecule has 4 rings (SSSR count). The summed E-state index contributed by atoms with van der Waals surface area (Å²) < 4.78 is 0. The minimum atomic E-state index is 0.0137. The molecule has 1 N–H and O–H groups in total.